The third-order valence-corrected chi connectivity index (χ3v) is 5.49. The van der Waals surface area contributed by atoms with Gasteiger partial charge in [-0.05, 0) is 45.4 Å². The summed E-state index contributed by atoms with van der Waals surface area (Å²) >= 11 is 0. The van der Waals surface area contributed by atoms with Gasteiger partial charge in [0, 0.05) is 5.92 Å². The Morgan fingerprint density at radius 1 is 0.478 bits per heavy atom. The molecule has 0 rings (SSSR count). The van der Waals surface area contributed by atoms with Gasteiger partial charge in [0.25, 0.3) is 0 Å². The van der Waals surface area contributed by atoms with E-state index in [1.54, 1.807) is 0 Å². The van der Waals surface area contributed by atoms with E-state index in [0.717, 1.165) is 0 Å². The maximum Gasteiger partial charge on any atom is 0.233 e. The van der Waals surface area contributed by atoms with E-state index in [1.807, 2.05) is 48.5 Å². The maximum absolute atomic E-state index is 5.77. The van der Waals surface area contributed by atoms with E-state index in [4.69, 9.17) is 19.6 Å². The summed E-state index contributed by atoms with van der Waals surface area (Å²) in [6.45, 7) is 26.6. The number of hydrogen-bond donors (Lipinski definition) is 0. The molecule has 0 radical (unpaired) electrons. The van der Waals surface area contributed by atoms with Gasteiger partial charge in [-0.15, -0.1) is 0 Å². The van der Waals surface area contributed by atoms with Crippen LogP contribution in [0.5, 0.6) is 0 Å². The molecule has 0 saturated heterocycles. The molecule has 0 aliphatic carbocycles. The molecule has 0 aliphatic heterocycles. The lowest BCUT2D eigenvalue weighted by Gasteiger charge is -2.43. The molecular weight excluding hydrogens is 292 g/mol. The van der Waals surface area contributed by atoms with E-state index in [1.165, 1.54) is 0 Å². The first-order valence-corrected chi connectivity index (χ1v) is 8.59. The second-order valence-electron chi connectivity index (χ2n) is 10.0. The molecule has 0 bridgehead atoms. The Bertz CT molecular complexity index is 340. The lowest BCUT2D eigenvalue weighted by molar-refractivity contribution is -0.556. The molecule has 4 nitrogen and oxygen atoms in total. The van der Waals surface area contributed by atoms with E-state index in [9.17, 15) is 0 Å². The predicted octanol–water partition coefficient (Wildman–Crippen LogP) is 5.90. The molecule has 0 fully saturated rings. The summed E-state index contributed by atoms with van der Waals surface area (Å²) in [6.07, 6.45) is 0. The van der Waals surface area contributed by atoms with Crippen molar-refractivity contribution in [3.63, 3.8) is 0 Å². The van der Waals surface area contributed by atoms with Crippen molar-refractivity contribution in [2.24, 2.45) is 16.7 Å². The fourth-order valence-corrected chi connectivity index (χ4v) is 0.830. The molecule has 0 aromatic rings. The zero-order valence-corrected chi connectivity index (χ0v) is 17.7. The van der Waals surface area contributed by atoms with Crippen molar-refractivity contribution in [3.8, 4) is 0 Å². The van der Waals surface area contributed by atoms with Crippen LogP contribution >= 0.6 is 0 Å². The fourth-order valence-electron chi connectivity index (χ4n) is 0.830. The SMILES string of the molecule is CC(C)C(C)(OOC(C)(C)C(C)(C)C)OOC(C)(C)C(C)(C)C. The van der Waals surface area contributed by atoms with E-state index >= 15 is 0 Å². The summed E-state index contributed by atoms with van der Waals surface area (Å²) < 4.78 is 0. The minimum absolute atomic E-state index is 0.0500. The summed E-state index contributed by atoms with van der Waals surface area (Å²) in [7, 11) is 0. The third kappa shape index (κ3) is 6.00. The maximum atomic E-state index is 5.77. The minimum atomic E-state index is -0.995. The number of hydrogen-bond acceptors (Lipinski definition) is 4. The molecule has 0 amide bonds. The minimum Gasteiger partial charge on any atom is -0.227 e. The van der Waals surface area contributed by atoms with Gasteiger partial charge in [-0.2, -0.15) is 9.78 Å². The molecule has 0 atom stereocenters. The van der Waals surface area contributed by atoms with Gasteiger partial charge in [0.1, 0.15) is 11.2 Å². The Balaban J connectivity index is 5.04. The molecule has 0 spiro atoms. The first kappa shape index (κ1) is 22.8. The average molecular weight is 333 g/mol. The lowest BCUT2D eigenvalue weighted by atomic mass is 9.79. The second-order valence-corrected chi connectivity index (χ2v) is 10.0. The van der Waals surface area contributed by atoms with Gasteiger partial charge in [0.15, 0.2) is 0 Å². The van der Waals surface area contributed by atoms with Gasteiger partial charge >= 0.3 is 0 Å². The Kier molecular flexibility index (Phi) is 6.94. The summed E-state index contributed by atoms with van der Waals surface area (Å²) in [4.78, 5) is 23.0. The van der Waals surface area contributed by atoms with Gasteiger partial charge in [-0.3, -0.25) is 0 Å². The Morgan fingerprint density at radius 2 is 0.739 bits per heavy atom. The van der Waals surface area contributed by atoms with Crippen molar-refractivity contribution in [2.45, 2.75) is 107 Å². The van der Waals surface area contributed by atoms with E-state index in [-0.39, 0.29) is 16.7 Å². The smallest absolute Gasteiger partial charge is 0.227 e. The van der Waals surface area contributed by atoms with Gasteiger partial charge in [0.05, 0.1) is 0 Å². The average Bonchev–Trinajstić information content (AvgIpc) is 2.31. The van der Waals surface area contributed by atoms with E-state index in [2.05, 4.69) is 41.5 Å². The first-order chi connectivity index (χ1) is 9.86. The molecule has 0 heterocycles. The van der Waals surface area contributed by atoms with Gasteiger partial charge in [-0.1, -0.05) is 55.4 Å². The molecular formula is C19H40O4. The van der Waals surface area contributed by atoms with Crippen LogP contribution in [0.25, 0.3) is 0 Å². The largest absolute Gasteiger partial charge is 0.233 e. The van der Waals surface area contributed by atoms with Crippen LogP contribution in [-0.4, -0.2) is 17.0 Å². The topological polar surface area (TPSA) is 36.9 Å². The monoisotopic (exact) mass is 332 g/mol. The highest BCUT2D eigenvalue weighted by Gasteiger charge is 2.43. The molecule has 4 heteroatoms. The normalized spacial score (nSPS) is 15.4. The van der Waals surface area contributed by atoms with Crippen molar-refractivity contribution in [2.75, 3.05) is 0 Å². The Hall–Kier alpha value is -0.160. The standard InChI is InChI=1S/C19H40O4/c1-14(2)19(13,22-20-17(9,10)15(3,4)5)23-21-18(11,12)16(6,7)8/h14H,1-13H3. The highest BCUT2D eigenvalue weighted by Crippen LogP contribution is 2.38. The predicted molar refractivity (Wildman–Crippen MR) is 94.7 cm³/mol. The Labute approximate surface area is 144 Å². The summed E-state index contributed by atoms with van der Waals surface area (Å²) in [6, 6.07) is 0. The van der Waals surface area contributed by atoms with Crippen molar-refractivity contribution < 1.29 is 19.6 Å². The van der Waals surface area contributed by atoms with Crippen LogP contribution in [-0.2, 0) is 19.6 Å². The van der Waals surface area contributed by atoms with Crippen LogP contribution in [0.3, 0.4) is 0 Å². The van der Waals surface area contributed by atoms with Crippen LogP contribution in [0.4, 0.5) is 0 Å². The van der Waals surface area contributed by atoms with Crippen LogP contribution in [0.1, 0.15) is 90.0 Å². The molecule has 140 valence electrons. The summed E-state index contributed by atoms with van der Waals surface area (Å²) in [5.74, 6) is -0.945. The highest BCUT2D eigenvalue weighted by molar-refractivity contribution is 4.84. The van der Waals surface area contributed by atoms with E-state index in [0.29, 0.717) is 0 Å². The second kappa shape index (κ2) is 6.99. The van der Waals surface area contributed by atoms with Gasteiger partial charge in [-0.25, -0.2) is 9.78 Å². The van der Waals surface area contributed by atoms with Crippen LogP contribution in [0, 0.1) is 16.7 Å². The third-order valence-electron chi connectivity index (χ3n) is 5.49. The van der Waals surface area contributed by atoms with Crippen LogP contribution in [0.15, 0.2) is 0 Å². The molecule has 0 saturated carbocycles. The van der Waals surface area contributed by atoms with Crippen molar-refractivity contribution in [3.05, 3.63) is 0 Å². The van der Waals surface area contributed by atoms with Crippen LogP contribution in [0.2, 0.25) is 0 Å². The first-order valence-electron chi connectivity index (χ1n) is 8.59. The Morgan fingerprint density at radius 3 is 0.913 bits per heavy atom. The zero-order valence-electron chi connectivity index (χ0n) is 17.7. The molecule has 0 aliphatic rings. The summed E-state index contributed by atoms with van der Waals surface area (Å²) in [5.41, 5.74) is -1.08. The molecule has 23 heavy (non-hydrogen) atoms. The van der Waals surface area contributed by atoms with Crippen LogP contribution < -0.4 is 0 Å². The molecule has 0 unspecified atom stereocenters. The lowest BCUT2D eigenvalue weighted by Crippen LogP contribution is -2.48. The fraction of sp³-hybridized carbons (Fsp3) is 1.00. The van der Waals surface area contributed by atoms with Gasteiger partial charge in [0.2, 0.25) is 5.79 Å². The van der Waals surface area contributed by atoms with E-state index < -0.39 is 17.0 Å². The van der Waals surface area contributed by atoms with Gasteiger partial charge < -0.3 is 0 Å². The molecule has 0 N–H and O–H groups in total. The van der Waals surface area contributed by atoms with Crippen molar-refractivity contribution in [1.82, 2.24) is 0 Å². The molecule has 0 aromatic heterocycles. The molecule has 0 aromatic carbocycles. The zero-order chi connectivity index (χ0) is 18.9. The number of rotatable bonds is 7. The van der Waals surface area contributed by atoms with Crippen molar-refractivity contribution in [1.29, 1.82) is 0 Å². The van der Waals surface area contributed by atoms with Crippen molar-refractivity contribution >= 4 is 0 Å². The summed E-state index contributed by atoms with van der Waals surface area (Å²) in [5, 5.41) is 0. The quantitative estimate of drug-likeness (QED) is 0.330. The highest BCUT2D eigenvalue weighted by atomic mass is 17.3.